The predicted octanol–water partition coefficient (Wildman–Crippen LogP) is 1.74. The van der Waals surface area contributed by atoms with Crippen LogP contribution in [0.15, 0.2) is 24.3 Å². The van der Waals surface area contributed by atoms with Crippen molar-refractivity contribution < 1.29 is 19.1 Å². The average molecular weight is 425 g/mol. The maximum atomic E-state index is 13.0. The van der Waals surface area contributed by atoms with E-state index in [-0.39, 0.29) is 24.4 Å². The SMILES string of the molecule is CN1C(=O)[C@@H](NC(=O)c2nc3n(n2)[C@@H](C2CCOCC2)CCC3)COc2ccccc21. The largest absolute Gasteiger partial charge is 0.489 e. The summed E-state index contributed by atoms with van der Waals surface area (Å²) in [5.74, 6) is 1.39. The summed E-state index contributed by atoms with van der Waals surface area (Å²) in [6.45, 7) is 1.61. The van der Waals surface area contributed by atoms with Gasteiger partial charge in [0.2, 0.25) is 5.82 Å². The molecule has 2 aromatic rings. The summed E-state index contributed by atoms with van der Waals surface area (Å²) < 4.78 is 13.2. The van der Waals surface area contributed by atoms with Crippen molar-refractivity contribution in [2.24, 2.45) is 5.92 Å². The lowest BCUT2D eigenvalue weighted by atomic mass is 9.87. The smallest absolute Gasteiger partial charge is 0.291 e. The number of carbonyl (C=O) groups excluding carboxylic acids is 2. The van der Waals surface area contributed by atoms with Gasteiger partial charge in [0.1, 0.15) is 24.2 Å². The molecule has 0 bridgehead atoms. The molecule has 1 saturated heterocycles. The third kappa shape index (κ3) is 3.78. The van der Waals surface area contributed by atoms with E-state index in [1.54, 1.807) is 7.05 Å². The van der Waals surface area contributed by atoms with E-state index in [0.717, 1.165) is 51.1 Å². The monoisotopic (exact) mass is 425 g/mol. The van der Waals surface area contributed by atoms with Gasteiger partial charge >= 0.3 is 0 Å². The fraction of sp³-hybridized carbons (Fsp3) is 0.545. The lowest BCUT2D eigenvalue weighted by molar-refractivity contribution is -0.120. The third-order valence-electron chi connectivity index (χ3n) is 6.50. The van der Waals surface area contributed by atoms with Crippen molar-refractivity contribution in [1.82, 2.24) is 20.1 Å². The average Bonchev–Trinajstić information content (AvgIpc) is 3.22. The molecule has 31 heavy (non-hydrogen) atoms. The molecular weight excluding hydrogens is 398 g/mol. The summed E-state index contributed by atoms with van der Waals surface area (Å²) in [4.78, 5) is 31.9. The molecule has 164 valence electrons. The van der Waals surface area contributed by atoms with E-state index >= 15 is 0 Å². The van der Waals surface area contributed by atoms with Gasteiger partial charge in [-0.25, -0.2) is 9.67 Å². The summed E-state index contributed by atoms with van der Waals surface area (Å²) in [6, 6.07) is 6.77. The predicted molar refractivity (Wildman–Crippen MR) is 112 cm³/mol. The molecule has 3 aliphatic rings. The number of amides is 2. The molecule has 0 saturated carbocycles. The number of carbonyl (C=O) groups is 2. The number of fused-ring (bicyclic) bond motifs is 2. The van der Waals surface area contributed by atoms with Crippen molar-refractivity contribution in [1.29, 1.82) is 0 Å². The van der Waals surface area contributed by atoms with Gasteiger partial charge in [-0.1, -0.05) is 12.1 Å². The molecule has 9 nitrogen and oxygen atoms in total. The van der Waals surface area contributed by atoms with Crippen molar-refractivity contribution >= 4 is 17.5 Å². The molecule has 3 aliphatic heterocycles. The summed E-state index contributed by atoms with van der Waals surface area (Å²) in [6.07, 6.45) is 4.90. The van der Waals surface area contributed by atoms with Crippen molar-refractivity contribution in [2.75, 3.05) is 31.8 Å². The van der Waals surface area contributed by atoms with Crippen molar-refractivity contribution in [3.05, 3.63) is 35.9 Å². The molecule has 1 fully saturated rings. The van der Waals surface area contributed by atoms with Crippen molar-refractivity contribution in [2.45, 2.75) is 44.2 Å². The number of anilines is 1. The van der Waals surface area contributed by atoms with Crippen LogP contribution >= 0.6 is 0 Å². The second kappa shape index (κ2) is 8.30. The van der Waals surface area contributed by atoms with Gasteiger partial charge in [-0.2, -0.15) is 0 Å². The van der Waals surface area contributed by atoms with Gasteiger partial charge in [-0.15, -0.1) is 5.10 Å². The van der Waals surface area contributed by atoms with Gasteiger partial charge in [0, 0.05) is 26.7 Å². The van der Waals surface area contributed by atoms with Crippen LogP contribution in [0.25, 0.3) is 0 Å². The first-order valence-corrected chi connectivity index (χ1v) is 11.0. The molecule has 5 rings (SSSR count). The van der Waals surface area contributed by atoms with Crippen molar-refractivity contribution in [3.63, 3.8) is 0 Å². The van der Waals surface area contributed by atoms with Crippen LogP contribution in [0.3, 0.4) is 0 Å². The number of rotatable bonds is 3. The Labute approximate surface area is 180 Å². The Morgan fingerprint density at radius 2 is 2.00 bits per heavy atom. The third-order valence-corrected chi connectivity index (χ3v) is 6.50. The van der Waals surface area contributed by atoms with Crippen LogP contribution in [0.4, 0.5) is 5.69 Å². The highest BCUT2D eigenvalue weighted by molar-refractivity contribution is 6.02. The number of nitrogens with zero attached hydrogens (tertiary/aromatic N) is 4. The van der Waals surface area contributed by atoms with E-state index in [2.05, 4.69) is 15.4 Å². The van der Waals surface area contributed by atoms with E-state index in [1.165, 1.54) is 4.90 Å². The Morgan fingerprint density at radius 3 is 2.84 bits per heavy atom. The molecule has 9 heteroatoms. The van der Waals surface area contributed by atoms with Crippen LogP contribution in [0.2, 0.25) is 0 Å². The van der Waals surface area contributed by atoms with Crippen LogP contribution in [0.5, 0.6) is 5.75 Å². The minimum absolute atomic E-state index is 0.0597. The zero-order chi connectivity index (χ0) is 21.4. The van der Waals surface area contributed by atoms with Gasteiger partial charge in [-0.05, 0) is 43.7 Å². The highest BCUT2D eigenvalue weighted by atomic mass is 16.5. The van der Waals surface area contributed by atoms with Crippen LogP contribution in [0, 0.1) is 5.92 Å². The highest BCUT2D eigenvalue weighted by Crippen LogP contribution is 2.35. The van der Waals surface area contributed by atoms with Gasteiger partial charge in [0.25, 0.3) is 11.8 Å². The topological polar surface area (TPSA) is 98.6 Å². The Balaban J connectivity index is 1.32. The molecule has 0 radical (unpaired) electrons. The van der Waals surface area contributed by atoms with Gasteiger partial charge in [0.15, 0.2) is 0 Å². The fourth-order valence-electron chi connectivity index (χ4n) is 4.79. The lowest BCUT2D eigenvalue weighted by Crippen LogP contribution is -2.49. The molecule has 0 unspecified atom stereocenters. The standard InChI is InChI=1S/C22H27N5O4/c1-26-17-5-2-3-7-18(17)31-13-15(22(26)29)23-21(28)20-24-19-8-4-6-16(27(19)25-20)14-9-11-30-12-10-14/h2-3,5,7,14-16H,4,6,8-13H2,1H3,(H,23,28)/t15-,16+/m0/s1. The molecule has 1 aromatic carbocycles. The van der Waals surface area contributed by atoms with E-state index in [4.69, 9.17) is 9.47 Å². The maximum absolute atomic E-state index is 13.0. The fourth-order valence-corrected chi connectivity index (χ4v) is 4.79. The first kappa shape index (κ1) is 20.0. The molecule has 4 heterocycles. The Morgan fingerprint density at radius 1 is 1.19 bits per heavy atom. The van der Waals surface area contributed by atoms with E-state index < -0.39 is 11.9 Å². The zero-order valence-electron chi connectivity index (χ0n) is 17.6. The number of aromatic nitrogens is 3. The van der Waals surface area contributed by atoms with Crippen LogP contribution < -0.4 is 15.0 Å². The number of ether oxygens (including phenoxy) is 2. The Bertz CT molecular complexity index is 984. The van der Waals surface area contributed by atoms with Gasteiger partial charge in [0.05, 0.1) is 11.7 Å². The molecule has 1 aromatic heterocycles. The number of benzene rings is 1. The highest BCUT2D eigenvalue weighted by Gasteiger charge is 2.34. The minimum Gasteiger partial charge on any atom is -0.489 e. The van der Waals surface area contributed by atoms with Crippen molar-refractivity contribution in [3.8, 4) is 5.75 Å². The number of nitrogens with one attached hydrogen (secondary N) is 1. The van der Waals surface area contributed by atoms with Gasteiger partial charge < -0.3 is 19.7 Å². The number of hydrogen-bond acceptors (Lipinski definition) is 6. The second-order valence-corrected chi connectivity index (χ2v) is 8.41. The Hall–Kier alpha value is -2.94. The van der Waals surface area contributed by atoms with Crippen LogP contribution in [0.1, 0.15) is 48.2 Å². The summed E-state index contributed by atoms with van der Waals surface area (Å²) >= 11 is 0. The van der Waals surface area contributed by atoms with Gasteiger partial charge in [-0.3, -0.25) is 9.59 Å². The first-order chi connectivity index (χ1) is 15.1. The number of para-hydroxylation sites is 2. The molecule has 1 N–H and O–H groups in total. The number of likely N-dealkylation sites (N-methyl/N-ethyl adjacent to an activating group) is 1. The molecule has 2 amide bonds. The van der Waals surface area contributed by atoms with E-state index in [1.807, 2.05) is 28.9 Å². The van der Waals surface area contributed by atoms with Crippen LogP contribution in [-0.2, 0) is 16.0 Å². The minimum atomic E-state index is -0.809. The summed E-state index contributed by atoms with van der Waals surface area (Å²) in [5.41, 5.74) is 0.680. The molecule has 0 spiro atoms. The molecular formula is C22H27N5O4. The van der Waals surface area contributed by atoms with E-state index in [9.17, 15) is 9.59 Å². The quantitative estimate of drug-likeness (QED) is 0.804. The molecule has 0 aliphatic carbocycles. The summed E-state index contributed by atoms with van der Waals surface area (Å²) in [7, 11) is 1.68. The van der Waals surface area contributed by atoms with E-state index in [0.29, 0.717) is 17.4 Å². The first-order valence-electron chi connectivity index (χ1n) is 11.0. The lowest BCUT2D eigenvalue weighted by Gasteiger charge is -2.33. The maximum Gasteiger partial charge on any atom is 0.291 e. The normalized spacial score (nSPS) is 24.0. The summed E-state index contributed by atoms with van der Waals surface area (Å²) in [5, 5.41) is 7.35. The zero-order valence-corrected chi connectivity index (χ0v) is 17.6. The Kier molecular flexibility index (Phi) is 5.35. The molecule has 2 atom stereocenters. The number of hydrogen-bond donors (Lipinski definition) is 1. The number of aryl methyl sites for hydroxylation is 1. The van der Waals surface area contributed by atoms with Crippen LogP contribution in [-0.4, -0.2) is 59.5 Å². The second-order valence-electron chi connectivity index (χ2n) is 8.41.